The van der Waals surface area contributed by atoms with E-state index >= 15 is 0 Å². The van der Waals surface area contributed by atoms with Crippen LogP contribution in [-0.4, -0.2) is 47.4 Å². The Labute approximate surface area is 527 Å². The minimum Gasteiger partial charge on any atom is -0.466 e. The first-order valence-electron chi connectivity index (χ1n) is 39.0. The van der Waals surface area contributed by atoms with E-state index in [-0.39, 0.29) is 18.5 Å². The van der Waals surface area contributed by atoms with Crippen molar-refractivity contribution in [1.82, 2.24) is 5.32 Å². The second kappa shape index (κ2) is 74.1. The number of hydrogen-bond acceptors (Lipinski definition) is 5. The van der Waals surface area contributed by atoms with Gasteiger partial charge in [-0.1, -0.05) is 418 Å². The summed E-state index contributed by atoms with van der Waals surface area (Å²) in [7, 11) is 0. The number of carbonyl (C=O) groups is 2. The minimum absolute atomic E-state index is 0.0238. The van der Waals surface area contributed by atoms with Gasteiger partial charge in [0.1, 0.15) is 0 Å². The number of aliphatic hydroxyl groups excluding tert-OH is 2. The molecule has 0 radical (unpaired) electrons. The quantitative estimate of drug-likeness (QED) is 0.0320. The Bertz CT molecular complexity index is 1270. The van der Waals surface area contributed by atoms with Crippen molar-refractivity contribution in [3.05, 3.63) is 12.2 Å². The van der Waals surface area contributed by atoms with Gasteiger partial charge in [0.15, 0.2) is 0 Å². The molecule has 84 heavy (non-hydrogen) atoms. The van der Waals surface area contributed by atoms with Crippen LogP contribution in [0.15, 0.2) is 12.2 Å². The number of rotatable bonds is 74. The molecule has 3 N–H and O–H groups in total. The molecule has 1 amide bonds. The van der Waals surface area contributed by atoms with Crippen molar-refractivity contribution < 1.29 is 24.5 Å². The van der Waals surface area contributed by atoms with Gasteiger partial charge in [0.05, 0.1) is 25.4 Å². The van der Waals surface area contributed by atoms with E-state index in [1.807, 2.05) is 6.08 Å². The van der Waals surface area contributed by atoms with Crippen LogP contribution < -0.4 is 5.32 Å². The maximum Gasteiger partial charge on any atom is 0.305 e. The van der Waals surface area contributed by atoms with Gasteiger partial charge in [-0.2, -0.15) is 0 Å². The normalized spacial score (nSPS) is 12.5. The molecule has 0 saturated carbocycles. The molecule has 0 heterocycles. The first-order valence-corrected chi connectivity index (χ1v) is 39.0. The lowest BCUT2D eigenvalue weighted by atomic mass is 10.0. The molecule has 6 heteroatoms. The fourth-order valence-corrected chi connectivity index (χ4v) is 12.6. The third-order valence-corrected chi connectivity index (χ3v) is 18.6. The molecule has 0 aromatic rings. The summed E-state index contributed by atoms with van der Waals surface area (Å²) >= 11 is 0. The van der Waals surface area contributed by atoms with Crippen molar-refractivity contribution in [1.29, 1.82) is 0 Å². The number of unbranched alkanes of at least 4 members (excludes halogenated alkanes) is 63. The first-order chi connectivity index (χ1) is 41.5. The average molecular weight is 1190 g/mol. The molecule has 6 nitrogen and oxygen atoms in total. The first kappa shape index (κ1) is 82.6. The van der Waals surface area contributed by atoms with Gasteiger partial charge in [0.2, 0.25) is 5.91 Å². The summed E-state index contributed by atoms with van der Waals surface area (Å²) in [6.07, 6.45) is 93.2. The molecule has 500 valence electrons. The molecule has 0 spiro atoms. The van der Waals surface area contributed by atoms with E-state index in [0.717, 1.165) is 38.5 Å². The Kier molecular flexibility index (Phi) is 72.8. The zero-order valence-electron chi connectivity index (χ0n) is 57.4. The smallest absolute Gasteiger partial charge is 0.305 e. The summed E-state index contributed by atoms with van der Waals surface area (Å²) in [6.45, 7) is 4.97. The molecular formula is C78H153NO5. The average Bonchev–Trinajstić information content (AvgIpc) is 3.50. The van der Waals surface area contributed by atoms with Crippen LogP contribution in [0.5, 0.6) is 0 Å². The third kappa shape index (κ3) is 69.7. The highest BCUT2D eigenvalue weighted by Crippen LogP contribution is 2.20. The Morgan fingerprint density at radius 1 is 0.321 bits per heavy atom. The van der Waals surface area contributed by atoms with Crippen LogP contribution in [0.4, 0.5) is 0 Å². The van der Waals surface area contributed by atoms with Crippen LogP contribution in [0.3, 0.4) is 0 Å². The molecule has 2 unspecified atom stereocenters. The molecule has 0 bridgehead atoms. The Morgan fingerprint density at radius 2 is 0.548 bits per heavy atom. The van der Waals surface area contributed by atoms with Crippen molar-refractivity contribution in [3.63, 3.8) is 0 Å². The summed E-state index contributed by atoms with van der Waals surface area (Å²) in [4.78, 5) is 24.7. The highest BCUT2D eigenvalue weighted by atomic mass is 16.5. The van der Waals surface area contributed by atoms with Crippen molar-refractivity contribution in [2.24, 2.45) is 0 Å². The highest BCUT2D eigenvalue weighted by molar-refractivity contribution is 5.76. The van der Waals surface area contributed by atoms with Crippen molar-refractivity contribution in [2.45, 2.75) is 463 Å². The van der Waals surface area contributed by atoms with Crippen molar-refractivity contribution in [2.75, 3.05) is 13.2 Å². The van der Waals surface area contributed by atoms with Crippen LogP contribution >= 0.6 is 0 Å². The molecule has 0 aliphatic rings. The van der Waals surface area contributed by atoms with Crippen LogP contribution in [-0.2, 0) is 14.3 Å². The third-order valence-electron chi connectivity index (χ3n) is 18.6. The monoisotopic (exact) mass is 1180 g/mol. The van der Waals surface area contributed by atoms with E-state index in [2.05, 4.69) is 19.2 Å². The largest absolute Gasteiger partial charge is 0.466 e. The van der Waals surface area contributed by atoms with E-state index in [9.17, 15) is 19.8 Å². The van der Waals surface area contributed by atoms with Gasteiger partial charge in [-0.05, 0) is 32.1 Å². The van der Waals surface area contributed by atoms with Gasteiger partial charge in [-0.3, -0.25) is 9.59 Å². The summed E-state index contributed by atoms with van der Waals surface area (Å²) in [6, 6.07) is -0.626. The lowest BCUT2D eigenvalue weighted by molar-refractivity contribution is -0.143. The van der Waals surface area contributed by atoms with Crippen molar-refractivity contribution >= 4 is 11.9 Å². The van der Waals surface area contributed by atoms with Crippen LogP contribution in [0, 0.1) is 0 Å². The SMILES string of the molecule is CCCCCCCCCCCCCCCCCCCCCC/C=C/C(O)C(CO)NC(=O)CCCCCCCCCCCCCCCCCCCCCCCCCCCCCCOC(=O)CCCCCCCCCCCCCCCCCCC. The number of amides is 1. The van der Waals surface area contributed by atoms with Gasteiger partial charge in [0.25, 0.3) is 0 Å². The lowest BCUT2D eigenvalue weighted by Gasteiger charge is -2.20. The molecule has 0 aromatic heterocycles. The number of allylic oxidation sites excluding steroid dienone is 1. The van der Waals surface area contributed by atoms with Crippen molar-refractivity contribution in [3.8, 4) is 0 Å². The number of nitrogens with one attached hydrogen (secondary N) is 1. The Morgan fingerprint density at radius 3 is 0.810 bits per heavy atom. The highest BCUT2D eigenvalue weighted by Gasteiger charge is 2.18. The van der Waals surface area contributed by atoms with E-state index in [1.165, 1.54) is 385 Å². The minimum atomic E-state index is -0.843. The van der Waals surface area contributed by atoms with Gasteiger partial charge in [-0.15, -0.1) is 0 Å². The van der Waals surface area contributed by atoms with Crippen LogP contribution in [0.25, 0.3) is 0 Å². The second-order valence-corrected chi connectivity index (χ2v) is 27.1. The molecule has 0 aliphatic heterocycles. The predicted octanol–water partition coefficient (Wildman–Crippen LogP) is 25.5. The molecule has 2 atom stereocenters. The second-order valence-electron chi connectivity index (χ2n) is 27.1. The van der Waals surface area contributed by atoms with E-state index in [1.54, 1.807) is 6.08 Å². The zero-order chi connectivity index (χ0) is 60.6. The van der Waals surface area contributed by atoms with E-state index in [4.69, 9.17) is 4.74 Å². The summed E-state index contributed by atoms with van der Waals surface area (Å²) in [5.74, 6) is -0.0357. The van der Waals surface area contributed by atoms with Crippen LogP contribution in [0.2, 0.25) is 0 Å². The molecule has 0 aliphatic carbocycles. The Hall–Kier alpha value is -1.40. The number of esters is 1. The number of aliphatic hydroxyl groups is 2. The molecule has 0 fully saturated rings. The topological polar surface area (TPSA) is 95.9 Å². The standard InChI is InChI=1S/C78H153NO5/c1-3-5-7-9-11-13-15-17-19-21-22-23-32-35-39-42-46-50-54-58-62-66-70-76(81)75(74-80)79-77(82)71-67-63-59-55-51-47-43-40-36-33-30-28-26-24-25-27-29-31-34-37-41-45-49-53-57-61-65-69-73-84-78(83)72-68-64-60-56-52-48-44-38-20-18-16-14-12-10-8-6-4-2/h66,70,75-76,80-81H,3-65,67-69,71-74H2,1-2H3,(H,79,82)/b70-66+. The number of ether oxygens (including phenoxy) is 1. The van der Waals surface area contributed by atoms with Gasteiger partial charge in [0, 0.05) is 12.8 Å². The van der Waals surface area contributed by atoms with Gasteiger partial charge >= 0.3 is 5.97 Å². The summed E-state index contributed by atoms with van der Waals surface area (Å²) in [5, 5.41) is 23.3. The number of carbonyl (C=O) groups excluding carboxylic acids is 2. The maximum atomic E-state index is 12.5. The number of hydrogen-bond donors (Lipinski definition) is 3. The van der Waals surface area contributed by atoms with Gasteiger partial charge in [-0.25, -0.2) is 0 Å². The molecule has 0 saturated heterocycles. The van der Waals surface area contributed by atoms with E-state index < -0.39 is 12.1 Å². The van der Waals surface area contributed by atoms with Crippen LogP contribution in [0.1, 0.15) is 450 Å². The fraction of sp³-hybridized carbons (Fsp3) is 0.949. The molecule has 0 rings (SSSR count). The molecule has 0 aromatic carbocycles. The lowest BCUT2D eigenvalue weighted by Crippen LogP contribution is -2.45. The predicted molar refractivity (Wildman–Crippen MR) is 370 cm³/mol. The zero-order valence-corrected chi connectivity index (χ0v) is 57.4. The van der Waals surface area contributed by atoms with Gasteiger partial charge < -0.3 is 20.3 Å². The summed E-state index contributed by atoms with van der Waals surface area (Å²) < 4.78 is 5.51. The van der Waals surface area contributed by atoms with E-state index in [0.29, 0.717) is 19.4 Å². The fourth-order valence-electron chi connectivity index (χ4n) is 12.6. The maximum absolute atomic E-state index is 12.5. The summed E-state index contributed by atoms with van der Waals surface area (Å²) in [5.41, 5.74) is 0. The Balaban J connectivity index is 3.35. The molecular weight excluding hydrogens is 1030 g/mol.